The summed E-state index contributed by atoms with van der Waals surface area (Å²) in [5, 5.41) is 0. The third-order valence-corrected chi connectivity index (χ3v) is 0. The normalized spacial score (nSPS) is 3.44. The molecular weight excluding hydrogens is 228 g/mol. The molecule has 0 bridgehead atoms. The van der Waals surface area contributed by atoms with Crippen molar-refractivity contribution < 1.29 is 56.1 Å². The number of carbonyl (C=O) groups is 1. The first-order chi connectivity index (χ1) is 2.73. The minimum Gasteiger partial charge on any atom is -0.358 e. The Morgan fingerprint density at radius 3 is 1.33 bits per heavy atom. The smallest absolute Gasteiger partial charge is 0 e. The zero-order valence-electron chi connectivity index (χ0n) is 6.35. The van der Waals surface area contributed by atoms with Gasteiger partial charge in [-0.25, -0.2) is 0 Å². The molecule has 0 aliphatic heterocycles. The average Bonchev–Trinajstić information content (AvgIpc) is 1.41. The van der Waals surface area contributed by atoms with Crippen molar-refractivity contribution in [3.8, 4) is 0 Å². The summed E-state index contributed by atoms with van der Waals surface area (Å²) in [6.45, 7) is 9.42. The topological polar surface area (TPSA) is 17.1 Å². The van der Waals surface area contributed by atoms with Crippen LogP contribution >= 0.6 is 0 Å². The summed E-state index contributed by atoms with van der Waals surface area (Å²) in [6, 6.07) is 0. The van der Waals surface area contributed by atoms with Crippen molar-refractivity contribution >= 4 is 5.78 Å². The number of hydrogen-bond acceptors (Lipinski definition) is 1. The van der Waals surface area contributed by atoms with Gasteiger partial charge in [0.1, 0.15) is 0 Å². The molecule has 0 rings (SSSR count). The summed E-state index contributed by atoms with van der Waals surface area (Å²) >= 11 is 0. The third-order valence-electron chi connectivity index (χ3n) is 0. The summed E-state index contributed by atoms with van der Waals surface area (Å²) in [5.41, 5.74) is 0. The van der Waals surface area contributed by atoms with Gasteiger partial charge in [-0.3, -0.25) is 0 Å². The molecule has 0 fully saturated rings. The van der Waals surface area contributed by atoms with Crippen molar-refractivity contribution in [3.05, 3.63) is 21.3 Å². The number of carbonyl (C=O) groups excluding carboxylic acids is 1. The molecule has 1 nitrogen and oxygen atoms in total. The molecule has 3 heteroatoms. The van der Waals surface area contributed by atoms with Gasteiger partial charge in [0, 0.05) is 51.3 Å². The molecule has 0 spiro atoms. The Morgan fingerprint density at radius 1 is 1.33 bits per heavy atom. The fraction of sp³-hybridized carbons (Fsp3) is 0.333. The Labute approximate surface area is 96.1 Å². The van der Waals surface area contributed by atoms with Crippen LogP contribution in [-0.4, -0.2) is 5.78 Å². The second-order valence-electron chi connectivity index (χ2n) is 0.702. The van der Waals surface area contributed by atoms with E-state index < -0.39 is 0 Å². The monoisotopic (exact) mass is 241 g/mol. The summed E-state index contributed by atoms with van der Waals surface area (Å²) < 4.78 is 0. The van der Waals surface area contributed by atoms with Crippen LogP contribution in [0.1, 0.15) is 13.8 Å². The Kier molecular flexibility index (Phi) is 124. The average molecular weight is 241 g/mol. The molecule has 9 heavy (non-hydrogen) atoms. The summed E-state index contributed by atoms with van der Waals surface area (Å²) in [7, 11) is 0. The molecule has 54 valence electrons. The molecule has 0 aromatic heterocycles. The van der Waals surface area contributed by atoms with Crippen molar-refractivity contribution in [2.75, 3.05) is 0 Å². The van der Waals surface area contributed by atoms with Gasteiger partial charge in [0.15, 0.2) is 0 Å². The maximum atomic E-state index is 9.33. The fourth-order valence-electron chi connectivity index (χ4n) is 0. The zero-order valence-corrected chi connectivity index (χ0v) is 10.6. The van der Waals surface area contributed by atoms with Gasteiger partial charge in [-0.15, -0.1) is 0 Å². The van der Waals surface area contributed by atoms with E-state index in [9.17, 15) is 4.79 Å². The Hall–Kier alpha value is 1.23. The zero-order chi connectivity index (χ0) is 5.58. The molecule has 0 aliphatic rings. The maximum absolute atomic E-state index is 9.33. The van der Waals surface area contributed by atoms with E-state index in [0.29, 0.717) is 0 Å². The number of Topliss-reactive ketones (excluding diaryl/α,β-unsaturated/α-hetero) is 1. The van der Waals surface area contributed by atoms with Gasteiger partial charge in [-0.1, -0.05) is 0 Å². The molecule has 0 atom stereocenters. The van der Waals surface area contributed by atoms with Gasteiger partial charge in [-0.2, -0.15) is 6.92 Å². The molecule has 0 aromatic rings. The second-order valence-corrected chi connectivity index (χ2v) is 0.702. The van der Waals surface area contributed by atoms with Gasteiger partial charge in [0.05, 0.1) is 0 Å². The molecule has 0 N–H and O–H groups in total. The van der Waals surface area contributed by atoms with Crippen LogP contribution in [0.25, 0.3) is 0 Å². The molecule has 0 saturated heterocycles. The van der Waals surface area contributed by atoms with Crippen LogP contribution in [0.4, 0.5) is 0 Å². The first-order valence-electron chi connectivity index (χ1n) is 1.76. The molecule has 0 aliphatic carbocycles. The summed E-state index contributed by atoms with van der Waals surface area (Å²) in [6.07, 6.45) is 0. The minimum absolute atomic E-state index is 0. The van der Waals surface area contributed by atoms with Gasteiger partial charge in [-0.05, 0) is 12.7 Å². The summed E-state index contributed by atoms with van der Waals surface area (Å²) in [5.74, 6) is -0.0833. The van der Waals surface area contributed by atoms with E-state index in [4.69, 9.17) is 0 Å². The van der Waals surface area contributed by atoms with E-state index in [1.807, 2.05) is 0 Å². The molecule has 0 saturated carbocycles. The SMILES string of the molecule is [CH2-]C.[CH2-]C(C)=O.[CH3-].[V].[Y]. The molecule has 0 heterocycles. The van der Waals surface area contributed by atoms with Gasteiger partial charge in [0.25, 0.3) is 0 Å². The van der Waals surface area contributed by atoms with Crippen molar-refractivity contribution in [2.24, 2.45) is 0 Å². The standard InChI is InChI=1S/C3H5O.C2H5.CH3.V.Y/c1-3(2)4;1-2;;;/h1H2,2H3;1H2,2H3;1H3;;/q3*-1;;. The largest absolute Gasteiger partial charge is 0.358 e. The molecule has 0 amide bonds. The van der Waals surface area contributed by atoms with Crippen LogP contribution in [-0.2, 0) is 56.1 Å². The van der Waals surface area contributed by atoms with Gasteiger partial charge in [0.2, 0.25) is 0 Å². The van der Waals surface area contributed by atoms with E-state index in [-0.39, 0.29) is 64.5 Å². The molecular formula is C6H13OVY-3. The molecule has 0 aromatic carbocycles. The molecule has 0 unspecified atom stereocenters. The predicted octanol–water partition coefficient (Wildman–Crippen LogP) is 1.70. The Bertz CT molecular complexity index is 36.0. The Morgan fingerprint density at radius 2 is 1.33 bits per heavy atom. The number of rotatable bonds is 0. The Balaban J connectivity index is -0.00000000990. The fourth-order valence-corrected chi connectivity index (χ4v) is 0. The van der Waals surface area contributed by atoms with E-state index in [1.54, 1.807) is 6.92 Å². The quantitative estimate of drug-likeness (QED) is 0.590. The first-order valence-corrected chi connectivity index (χ1v) is 1.76. The van der Waals surface area contributed by atoms with E-state index >= 15 is 0 Å². The first kappa shape index (κ1) is 31.9. The summed E-state index contributed by atoms with van der Waals surface area (Å²) in [4.78, 5) is 9.33. The predicted molar refractivity (Wildman–Crippen MR) is 33.5 cm³/mol. The van der Waals surface area contributed by atoms with Crippen LogP contribution in [0.15, 0.2) is 0 Å². The van der Waals surface area contributed by atoms with Crippen LogP contribution < -0.4 is 0 Å². The van der Waals surface area contributed by atoms with Crippen molar-refractivity contribution in [2.45, 2.75) is 13.8 Å². The number of ketones is 1. The maximum Gasteiger partial charge on any atom is 0 e. The van der Waals surface area contributed by atoms with E-state index in [0.717, 1.165) is 0 Å². The minimum atomic E-state index is -0.0833. The van der Waals surface area contributed by atoms with Crippen molar-refractivity contribution in [1.29, 1.82) is 0 Å². The van der Waals surface area contributed by atoms with Crippen molar-refractivity contribution in [1.82, 2.24) is 0 Å². The second kappa shape index (κ2) is 34.9. The van der Waals surface area contributed by atoms with Crippen LogP contribution in [0.5, 0.6) is 0 Å². The van der Waals surface area contributed by atoms with Crippen molar-refractivity contribution in [3.63, 3.8) is 0 Å². The van der Waals surface area contributed by atoms with Crippen LogP contribution in [0, 0.1) is 21.3 Å². The van der Waals surface area contributed by atoms with Crippen LogP contribution in [0.2, 0.25) is 0 Å². The van der Waals surface area contributed by atoms with Gasteiger partial charge < -0.3 is 26.1 Å². The third kappa shape index (κ3) is 320. The number of hydrogen-bond donors (Lipinski definition) is 0. The van der Waals surface area contributed by atoms with Gasteiger partial charge >= 0.3 is 0 Å². The van der Waals surface area contributed by atoms with E-state index in [1.165, 1.54) is 6.92 Å². The van der Waals surface area contributed by atoms with Crippen LogP contribution in [0.3, 0.4) is 0 Å². The van der Waals surface area contributed by atoms with E-state index in [2.05, 4.69) is 13.8 Å². The molecule has 2 radical (unpaired) electrons.